The van der Waals surface area contributed by atoms with Crippen molar-refractivity contribution in [2.24, 2.45) is 0 Å². The van der Waals surface area contributed by atoms with Gasteiger partial charge < -0.3 is 9.47 Å². The first-order valence-electron chi connectivity index (χ1n) is 5.10. The van der Waals surface area contributed by atoms with Gasteiger partial charge in [0, 0.05) is 47.5 Å². The number of hydrogen-bond acceptors (Lipinski definition) is 3. The van der Waals surface area contributed by atoms with Gasteiger partial charge >= 0.3 is 6.18 Å². The zero-order chi connectivity index (χ0) is 13.8. The summed E-state index contributed by atoms with van der Waals surface area (Å²) in [6.45, 7) is 1.48. The molecule has 0 fully saturated rings. The number of carbonyl (C=O) groups excluding carboxylic acids is 1. The van der Waals surface area contributed by atoms with Crippen molar-refractivity contribution in [3.05, 3.63) is 42.0 Å². The van der Waals surface area contributed by atoms with Crippen LogP contribution < -0.4 is 0 Å². The van der Waals surface area contributed by atoms with E-state index >= 15 is 0 Å². The molecule has 3 nitrogen and oxygen atoms in total. The van der Waals surface area contributed by atoms with E-state index in [1.807, 2.05) is 0 Å². The maximum Gasteiger partial charge on any atom is 0.316 e. The minimum Gasteiger partial charge on any atom is -0.514 e. The molecule has 0 aromatic heterocycles. The number of alkyl halides is 3. The van der Waals surface area contributed by atoms with Crippen LogP contribution in [0.4, 0.5) is 13.2 Å². The number of carbonyl (C=O) groups is 1. The number of rotatable bonds is 4. The Kier molecular flexibility index (Phi) is 7.90. The van der Waals surface area contributed by atoms with E-state index < -0.39 is 24.4 Å². The van der Waals surface area contributed by atoms with E-state index in [0.717, 1.165) is 7.11 Å². The van der Waals surface area contributed by atoms with E-state index in [1.54, 1.807) is 30.3 Å². The standard InChI is InChI=1S/C12H12F3O3.Pm/c1-8(9-6-4-3-5-7-9)18-11(16)10(17-2)12(13,14)15;/h3-8H,1-2H3;/q-1;/t8-;/m1./s1. The molecule has 0 aliphatic carbocycles. The van der Waals surface area contributed by atoms with Gasteiger partial charge in [-0.15, -0.1) is 0 Å². The summed E-state index contributed by atoms with van der Waals surface area (Å²) in [6, 6.07) is 8.45. The second-order valence-electron chi connectivity index (χ2n) is 3.49. The SMILES string of the molecule is CO[C-](C(=O)O[C@H](C)c1ccccc1)C(F)(F)F.[Pm]. The monoisotopic (exact) mass is 406 g/mol. The van der Waals surface area contributed by atoms with Crippen LogP contribution in [0, 0.1) is 46.5 Å². The molecule has 0 spiro atoms. The fourth-order valence-corrected chi connectivity index (χ4v) is 1.32. The Hall–Kier alpha value is -0.352. The van der Waals surface area contributed by atoms with E-state index in [2.05, 4.69) is 4.74 Å². The van der Waals surface area contributed by atoms with Gasteiger partial charge in [-0.3, -0.25) is 4.79 Å². The van der Waals surface area contributed by atoms with Gasteiger partial charge in [-0.1, -0.05) is 36.4 Å². The van der Waals surface area contributed by atoms with Gasteiger partial charge in [0.05, 0.1) is 0 Å². The molecule has 1 aromatic carbocycles. The smallest absolute Gasteiger partial charge is 0.316 e. The van der Waals surface area contributed by atoms with E-state index in [0.29, 0.717) is 5.56 Å². The van der Waals surface area contributed by atoms with Gasteiger partial charge in [0.25, 0.3) is 0 Å². The van der Waals surface area contributed by atoms with Gasteiger partial charge in [-0.05, 0) is 12.5 Å². The number of ether oxygens (including phenoxy) is 2. The third kappa shape index (κ3) is 5.65. The molecule has 1 radical (unpaired) electrons. The molecule has 19 heavy (non-hydrogen) atoms. The van der Waals surface area contributed by atoms with Gasteiger partial charge in [-0.2, -0.15) is 0 Å². The summed E-state index contributed by atoms with van der Waals surface area (Å²) in [5.74, 6) is -1.53. The van der Waals surface area contributed by atoms with Crippen LogP contribution in [0.5, 0.6) is 0 Å². The molecule has 0 N–H and O–H groups in total. The maximum absolute atomic E-state index is 12.4. The van der Waals surface area contributed by atoms with Crippen molar-refractivity contribution in [3.8, 4) is 0 Å². The molecule has 0 unspecified atom stereocenters. The summed E-state index contributed by atoms with van der Waals surface area (Å²) in [6.07, 6.45) is -7.31. The summed E-state index contributed by atoms with van der Waals surface area (Å²) in [5.41, 5.74) is 0.600. The molecule has 0 bridgehead atoms. The molecule has 1 aromatic rings. The average molecular weight is 406 g/mol. The molecular formula is C12H12F3O3Pm-. The first-order chi connectivity index (χ1) is 8.36. The van der Waals surface area contributed by atoms with Crippen LogP contribution in [0.3, 0.4) is 0 Å². The fourth-order valence-electron chi connectivity index (χ4n) is 1.32. The largest absolute Gasteiger partial charge is 0.514 e. The first-order valence-corrected chi connectivity index (χ1v) is 5.10. The van der Waals surface area contributed by atoms with Crippen LogP contribution in [0.1, 0.15) is 18.6 Å². The van der Waals surface area contributed by atoms with Gasteiger partial charge in [-0.25, -0.2) is 13.2 Å². The maximum atomic E-state index is 12.4. The number of methoxy groups -OCH3 is 1. The molecule has 0 heterocycles. The van der Waals surface area contributed by atoms with Crippen molar-refractivity contribution in [2.45, 2.75) is 19.2 Å². The third-order valence-corrected chi connectivity index (χ3v) is 2.20. The minimum absolute atomic E-state index is 0. The summed E-state index contributed by atoms with van der Waals surface area (Å²) in [5, 5.41) is 0. The van der Waals surface area contributed by atoms with Crippen molar-refractivity contribution in [2.75, 3.05) is 7.11 Å². The second kappa shape index (κ2) is 8.05. The predicted octanol–water partition coefficient (Wildman–Crippen LogP) is 3.03. The Morgan fingerprint density at radius 3 is 2.21 bits per heavy atom. The van der Waals surface area contributed by atoms with Gasteiger partial charge in [0.2, 0.25) is 5.97 Å². The Balaban J connectivity index is 0.00000324. The molecule has 7 heteroatoms. The van der Waals surface area contributed by atoms with Crippen molar-refractivity contribution in [3.63, 3.8) is 0 Å². The van der Waals surface area contributed by atoms with Crippen molar-refractivity contribution >= 4 is 5.97 Å². The average Bonchev–Trinajstić information content (AvgIpc) is 2.29. The van der Waals surface area contributed by atoms with Crippen molar-refractivity contribution in [1.29, 1.82) is 0 Å². The zero-order valence-electron chi connectivity index (χ0n) is 10.3. The van der Waals surface area contributed by atoms with E-state index in [1.165, 1.54) is 6.92 Å². The predicted molar refractivity (Wildman–Crippen MR) is 57.3 cm³/mol. The van der Waals surface area contributed by atoms with E-state index in [-0.39, 0.29) is 40.4 Å². The minimum atomic E-state index is -4.86. The topological polar surface area (TPSA) is 35.5 Å². The Bertz CT molecular complexity index is 395. The molecule has 1 rings (SSSR count). The van der Waals surface area contributed by atoms with Crippen LogP contribution in [-0.4, -0.2) is 19.3 Å². The molecule has 0 saturated carbocycles. The zero-order valence-corrected chi connectivity index (χ0v) is 13.1. The third-order valence-electron chi connectivity index (χ3n) is 2.20. The number of hydrogen-bond donors (Lipinski definition) is 0. The Labute approximate surface area is 141 Å². The number of esters is 1. The molecular weight excluding hydrogens is 394 g/mol. The van der Waals surface area contributed by atoms with Gasteiger partial charge in [0.15, 0.2) is 0 Å². The fraction of sp³-hybridized carbons (Fsp3) is 0.333. The molecule has 0 aliphatic heterocycles. The van der Waals surface area contributed by atoms with E-state index in [9.17, 15) is 18.0 Å². The van der Waals surface area contributed by atoms with Crippen LogP contribution in [-0.2, 0) is 14.3 Å². The Morgan fingerprint density at radius 2 is 1.79 bits per heavy atom. The molecule has 0 saturated heterocycles. The first kappa shape index (κ1) is 18.6. The molecule has 1 atom stereocenters. The summed E-state index contributed by atoms with van der Waals surface area (Å²) < 4.78 is 45.8. The van der Waals surface area contributed by atoms with Gasteiger partial charge in [0.1, 0.15) is 6.10 Å². The van der Waals surface area contributed by atoms with Crippen LogP contribution in [0.2, 0.25) is 0 Å². The van der Waals surface area contributed by atoms with Crippen molar-refractivity contribution < 1.29 is 67.8 Å². The molecule has 0 amide bonds. The van der Waals surface area contributed by atoms with Crippen LogP contribution in [0.25, 0.3) is 0 Å². The quantitative estimate of drug-likeness (QED) is 0.570. The summed E-state index contributed by atoms with van der Waals surface area (Å²) in [7, 11) is 0.775. The van der Waals surface area contributed by atoms with Crippen molar-refractivity contribution in [1.82, 2.24) is 0 Å². The Morgan fingerprint density at radius 1 is 1.26 bits per heavy atom. The normalized spacial score (nSPS) is 12.3. The number of halogens is 3. The van der Waals surface area contributed by atoms with Crippen LogP contribution >= 0.6 is 0 Å². The second-order valence-corrected chi connectivity index (χ2v) is 3.49. The summed E-state index contributed by atoms with van der Waals surface area (Å²) in [4.78, 5) is 11.3. The molecule has 105 valence electrons. The van der Waals surface area contributed by atoms with Crippen LogP contribution in [0.15, 0.2) is 30.3 Å². The van der Waals surface area contributed by atoms with E-state index in [4.69, 9.17) is 4.74 Å². The molecule has 0 aliphatic rings. The number of benzene rings is 1. The summed E-state index contributed by atoms with van der Waals surface area (Å²) >= 11 is 0.